The molecule has 0 fully saturated rings. The van der Waals surface area contributed by atoms with Crippen molar-refractivity contribution in [3.8, 4) is 11.5 Å². The van der Waals surface area contributed by atoms with Crippen molar-refractivity contribution in [2.45, 2.75) is 12.2 Å². The Morgan fingerprint density at radius 3 is 1.32 bits per heavy atom. The number of carbonyl (C=O) groups is 2. The second-order valence-electron chi connectivity index (χ2n) is 5.58. The van der Waals surface area contributed by atoms with Gasteiger partial charge in [-0.15, -0.1) is 0 Å². The van der Waals surface area contributed by atoms with Crippen LogP contribution in [0.1, 0.15) is 0 Å². The Bertz CT molecular complexity index is 656. The fourth-order valence-corrected chi connectivity index (χ4v) is 2.28. The van der Waals surface area contributed by atoms with Crippen molar-refractivity contribution in [1.29, 1.82) is 0 Å². The number of rotatable bonds is 13. The fourth-order valence-electron chi connectivity index (χ4n) is 2.28. The van der Waals surface area contributed by atoms with Crippen LogP contribution >= 0.6 is 0 Å². The molecule has 2 atom stereocenters. The van der Waals surface area contributed by atoms with Crippen LogP contribution in [0, 0.1) is 0 Å². The summed E-state index contributed by atoms with van der Waals surface area (Å²) in [7, 11) is 0. The molecule has 8 heteroatoms. The lowest BCUT2D eigenvalue weighted by molar-refractivity contribution is -0.177. The van der Waals surface area contributed by atoms with Crippen LogP contribution in [0.2, 0.25) is 0 Å². The summed E-state index contributed by atoms with van der Waals surface area (Å²) in [6.45, 7) is -0.0897. The zero-order chi connectivity index (χ0) is 20.2. The molecule has 28 heavy (non-hydrogen) atoms. The minimum absolute atomic E-state index is 0.0667. The highest BCUT2D eigenvalue weighted by atomic mass is 16.6. The maximum absolute atomic E-state index is 11.4. The average Bonchev–Trinajstić information content (AvgIpc) is 2.70. The number of benzene rings is 2. The van der Waals surface area contributed by atoms with Crippen molar-refractivity contribution in [3.05, 3.63) is 60.7 Å². The molecular weight excluding hydrogens is 368 g/mol. The van der Waals surface area contributed by atoms with Gasteiger partial charge in [0.1, 0.15) is 24.7 Å². The maximum Gasteiger partial charge on any atom is 0.336 e. The van der Waals surface area contributed by atoms with Gasteiger partial charge in [-0.3, -0.25) is 0 Å². The predicted molar refractivity (Wildman–Crippen MR) is 98.6 cm³/mol. The first-order chi connectivity index (χ1) is 13.6. The molecule has 150 valence electrons. The second-order valence-corrected chi connectivity index (χ2v) is 5.58. The van der Waals surface area contributed by atoms with Gasteiger partial charge in [-0.1, -0.05) is 36.4 Å². The summed E-state index contributed by atoms with van der Waals surface area (Å²) >= 11 is 0. The zero-order valence-electron chi connectivity index (χ0n) is 15.1. The van der Waals surface area contributed by atoms with Gasteiger partial charge in [0.2, 0.25) is 0 Å². The van der Waals surface area contributed by atoms with Crippen molar-refractivity contribution in [3.63, 3.8) is 0 Å². The van der Waals surface area contributed by atoms with E-state index in [1.54, 1.807) is 48.5 Å². The van der Waals surface area contributed by atoms with Crippen LogP contribution in [-0.4, -0.2) is 60.8 Å². The summed E-state index contributed by atoms with van der Waals surface area (Å²) in [6, 6.07) is 17.8. The summed E-state index contributed by atoms with van der Waals surface area (Å²) in [5.74, 6) is -1.67. The highest BCUT2D eigenvalue weighted by molar-refractivity contribution is 5.83. The molecule has 0 amide bonds. The summed E-state index contributed by atoms with van der Waals surface area (Å²) < 4.78 is 21.2. The summed E-state index contributed by atoms with van der Waals surface area (Å²) in [5, 5.41) is 18.6. The van der Waals surface area contributed by atoms with Crippen LogP contribution in [0.4, 0.5) is 0 Å². The molecule has 0 aliphatic heterocycles. The maximum atomic E-state index is 11.4. The minimum Gasteiger partial charge on any atom is -0.491 e. The van der Waals surface area contributed by atoms with Gasteiger partial charge in [-0.05, 0) is 24.3 Å². The van der Waals surface area contributed by atoms with Crippen LogP contribution in [0.3, 0.4) is 0 Å². The van der Waals surface area contributed by atoms with Crippen LogP contribution < -0.4 is 9.47 Å². The largest absolute Gasteiger partial charge is 0.491 e. The van der Waals surface area contributed by atoms with Gasteiger partial charge in [-0.25, -0.2) is 9.59 Å². The molecule has 8 nitrogen and oxygen atoms in total. The number of hydrogen-bond donors (Lipinski definition) is 2. The molecule has 0 bridgehead atoms. The summed E-state index contributed by atoms with van der Waals surface area (Å²) in [5.41, 5.74) is 0. The SMILES string of the molecule is O=C(O)C(OCCOc1ccccc1)C(OCCOc1ccccc1)C(=O)O. The summed E-state index contributed by atoms with van der Waals surface area (Å²) in [6.07, 6.45) is -3.35. The van der Waals surface area contributed by atoms with E-state index in [4.69, 9.17) is 18.9 Å². The van der Waals surface area contributed by atoms with Gasteiger partial charge in [0, 0.05) is 0 Å². The van der Waals surface area contributed by atoms with E-state index < -0.39 is 24.1 Å². The Kier molecular flexibility index (Phi) is 8.77. The van der Waals surface area contributed by atoms with E-state index in [-0.39, 0.29) is 26.4 Å². The Morgan fingerprint density at radius 2 is 1.00 bits per heavy atom. The molecule has 2 aromatic carbocycles. The minimum atomic E-state index is -1.67. The lowest BCUT2D eigenvalue weighted by atomic mass is 10.2. The molecule has 2 unspecified atom stereocenters. The van der Waals surface area contributed by atoms with E-state index >= 15 is 0 Å². The molecule has 2 aromatic rings. The number of aliphatic carboxylic acids is 2. The molecule has 0 radical (unpaired) electrons. The summed E-state index contributed by atoms with van der Waals surface area (Å²) in [4.78, 5) is 22.8. The van der Waals surface area contributed by atoms with E-state index in [1.165, 1.54) is 0 Å². The molecule has 0 aliphatic carbocycles. The second kappa shape index (κ2) is 11.6. The van der Waals surface area contributed by atoms with Crippen molar-refractivity contribution in [2.24, 2.45) is 0 Å². The number of carboxylic acids is 2. The lowest BCUT2D eigenvalue weighted by Crippen LogP contribution is -2.44. The van der Waals surface area contributed by atoms with Gasteiger partial charge < -0.3 is 29.2 Å². The van der Waals surface area contributed by atoms with Gasteiger partial charge >= 0.3 is 11.9 Å². The van der Waals surface area contributed by atoms with Crippen LogP contribution in [0.15, 0.2) is 60.7 Å². The van der Waals surface area contributed by atoms with Crippen molar-refractivity contribution in [2.75, 3.05) is 26.4 Å². The lowest BCUT2D eigenvalue weighted by Gasteiger charge is -2.21. The zero-order valence-corrected chi connectivity index (χ0v) is 15.1. The molecule has 0 aliphatic rings. The molecule has 0 heterocycles. The third kappa shape index (κ3) is 7.26. The topological polar surface area (TPSA) is 112 Å². The van der Waals surface area contributed by atoms with E-state index in [0.717, 1.165) is 0 Å². The highest BCUT2D eigenvalue weighted by Crippen LogP contribution is 2.11. The van der Waals surface area contributed by atoms with Crippen molar-refractivity contribution >= 4 is 11.9 Å². The van der Waals surface area contributed by atoms with Crippen LogP contribution in [0.5, 0.6) is 11.5 Å². The Labute approximate surface area is 162 Å². The number of hydrogen-bond acceptors (Lipinski definition) is 6. The predicted octanol–water partition coefficient (Wildman–Crippen LogP) is 2.08. The molecule has 0 spiro atoms. The number of para-hydroxylation sites is 2. The molecule has 2 N–H and O–H groups in total. The van der Waals surface area contributed by atoms with Crippen LogP contribution in [0.25, 0.3) is 0 Å². The molecule has 0 saturated heterocycles. The highest BCUT2D eigenvalue weighted by Gasteiger charge is 2.35. The normalized spacial score (nSPS) is 12.7. The number of ether oxygens (including phenoxy) is 4. The quantitative estimate of drug-likeness (QED) is 0.500. The molecule has 0 aromatic heterocycles. The third-order valence-corrected chi connectivity index (χ3v) is 3.55. The smallest absolute Gasteiger partial charge is 0.336 e. The number of carboxylic acid groups (broad SMARTS) is 2. The van der Waals surface area contributed by atoms with E-state index in [0.29, 0.717) is 11.5 Å². The molecule has 2 rings (SSSR count). The van der Waals surface area contributed by atoms with E-state index in [1.807, 2.05) is 12.1 Å². The Hall–Kier alpha value is -3.10. The van der Waals surface area contributed by atoms with Gasteiger partial charge in [0.05, 0.1) is 13.2 Å². The standard InChI is InChI=1S/C20H22O8/c21-19(22)17(27-13-11-25-15-7-3-1-4-8-15)18(20(23)24)28-14-12-26-16-9-5-2-6-10-16/h1-10,17-18H,11-14H2,(H,21,22)(H,23,24). The van der Waals surface area contributed by atoms with Gasteiger partial charge in [-0.2, -0.15) is 0 Å². The first-order valence-electron chi connectivity index (χ1n) is 8.62. The average molecular weight is 390 g/mol. The van der Waals surface area contributed by atoms with Gasteiger partial charge in [0.15, 0.2) is 12.2 Å². The molecular formula is C20H22O8. The first-order valence-corrected chi connectivity index (χ1v) is 8.62. The molecule has 0 saturated carbocycles. The van der Waals surface area contributed by atoms with E-state index in [9.17, 15) is 19.8 Å². The van der Waals surface area contributed by atoms with Crippen LogP contribution in [-0.2, 0) is 19.1 Å². The van der Waals surface area contributed by atoms with E-state index in [2.05, 4.69) is 0 Å². The van der Waals surface area contributed by atoms with Crippen molar-refractivity contribution in [1.82, 2.24) is 0 Å². The van der Waals surface area contributed by atoms with Gasteiger partial charge in [0.25, 0.3) is 0 Å². The first kappa shape index (κ1) is 21.2. The van der Waals surface area contributed by atoms with Crippen molar-refractivity contribution < 1.29 is 38.7 Å². The monoisotopic (exact) mass is 390 g/mol. The Balaban J connectivity index is 1.79. The third-order valence-electron chi connectivity index (χ3n) is 3.55. The Morgan fingerprint density at radius 1 is 0.643 bits per heavy atom. The fraction of sp³-hybridized carbons (Fsp3) is 0.300.